The van der Waals surface area contributed by atoms with Crippen molar-refractivity contribution in [2.75, 3.05) is 11.1 Å². The highest BCUT2D eigenvalue weighted by molar-refractivity contribution is 7.99. The van der Waals surface area contributed by atoms with Gasteiger partial charge in [0.15, 0.2) is 10.9 Å². The van der Waals surface area contributed by atoms with Crippen LogP contribution in [0.2, 0.25) is 0 Å². The van der Waals surface area contributed by atoms with Gasteiger partial charge in [-0.25, -0.2) is 4.98 Å². The predicted octanol–water partition coefficient (Wildman–Crippen LogP) is 5.51. The number of nitrogens with one attached hydrogen (secondary N) is 1. The van der Waals surface area contributed by atoms with E-state index in [1.165, 1.54) is 23.6 Å². The van der Waals surface area contributed by atoms with Crippen LogP contribution < -0.4 is 10.9 Å². The van der Waals surface area contributed by atoms with Gasteiger partial charge in [-0.2, -0.15) is 0 Å². The fourth-order valence-corrected chi connectivity index (χ4v) is 6.65. The molecular weight excluding hydrogens is 478 g/mol. The van der Waals surface area contributed by atoms with Crippen molar-refractivity contribution in [2.24, 2.45) is 5.92 Å². The summed E-state index contributed by atoms with van der Waals surface area (Å²) in [5.41, 5.74) is 2.90. The molecule has 6 nitrogen and oxygen atoms in total. The number of fused-ring (bicyclic) bond motifs is 3. The van der Waals surface area contributed by atoms with Crippen molar-refractivity contribution in [3.63, 3.8) is 0 Å². The molecule has 35 heavy (non-hydrogen) atoms. The summed E-state index contributed by atoms with van der Waals surface area (Å²) in [6, 6.07) is 16.3. The highest BCUT2D eigenvalue weighted by Gasteiger charge is 2.25. The molecule has 1 aliphatic carbocycles. The van der Waals surface area contributed by atoms with Crippen molar-refractivity contribution in [3.8, 4) is 5.69 Å². The second-order valence-corrected chi connectivity index (χ2v) is 10.9. The van der Waals surface area contributed by atoms with Crippen LogP contribution in [0.3, 0.4) is 0 Å². The van der Waals surface area contributed by atoms with Crippen LogP contribution in [-0.2, 0) is 17.6 Å². The predicted molar refractivity (Wildman–Crippen MR) is 142 cm³/mol. The number of para-hydroxylation sites is 1. The number of hydrogen-bond donors (Lipinski definition) is 1. The van der Waals surface area contributed by atoms with Crippen molar-refractivity contribution in [1.82, 2.24) is 9.55 Å². The van der Waals surface area contributed by atoms with E-state index in [1.807, 2.05) is 30.3 Å². The number of hydrogen-bond acceptors (Lipinski definition) is 6. The summed E-state index contributed by atoms with van der Waals surface area (Å²) in [5, 5.41) is 4.05. The Morgan fingerprint density at radius 3 is 2.74 bits per heavy atom. The van der Waals surface area contributed by atoms with Crippen molar-refractivity contribution >= 4 is 50.7 Å². The molecule has 2 aromatic heterocycles. The van der Waals surface area contributed by atoms with Crippen LogP contribution in [0.1, 0.15) is 41.1 Å². The molecule has 5 rings (SSSR count). The summed E-state index contributed by atoms with van der Waals surface area (Å²) in [6.07, 6.45) is 2.95. The van der Waals surface area contributed by atoms with E-state index < -0.39 is 0 Å². The first-order chi connectivity index (χ1) is 16.9. The zero-order valence-electron chi connectivity index (χ0n) is 19.5. The third kappa shape index (κ3) is 4.81. The molecule has 1 atom stereocenters. The Hall–Kier alpha value is -3.23. The van der Waals surface area contributed by atoms with Crippen LogP contribution in [0.4, 0.5) is 5.69 Å². The molecule has 0 radical (unpaired) electrons. The van der Waals surface area contributed by atoms with Gasteiger partial charge in [0.25, 0.3) is 5.56 Å². The maximum Gasteiger partial charge on any atom is 0.267 e. The second kappa shape index (κ2) is 9.79. The van der Waals surface area contributed by atoms with Gasteiger partial charge in [-0.15, -0.1) is 11.3 Å². The fraction of sp³-hybridized carbons (Fsp3) is 0.259. The zero-order chi connectivity index (χ0) is 24.5. The molecule has 1 N–H and O–H groups in total. The molecule has 0 spiro atoms. The molecule has 2 heterocycles. The number of aromatic nitrogens is 2. The van der Waals surface area contributed by atoms with Gasteiger partial charge in [0.1, 0.15) is 4.83 Å². The molecule has 0 saturated carbocycles. The lowest BCUT2D eigenvalue weighted by atomic mass is 9.89. The van der Waals surface area contributed by atoms with Crippen molar-refractivity contribution in [3.05, 3.63) is 81.0 Å². The molecule has 1 amide bonds. The number of benzene rings is 2. The number of thiophene rings is 1. The number of carbonyl (C=O) groups is 2. The third-order valence-corrected chi connectivity index (χ3v) is 8.28. The molecule has 0 fully saturated rings. The van der Waals surface area contributed by atoms with Crippen LogP contribution >= 0.6 is 23.1 Å². The van der Waals surface area contributed by atoms with Crippen LogP contribution in [0, 0.1) is 5.92 Å². The molecule has 0 bridgehead atoms. The maximum atomic E-state index is 13.8. The standard InChI is InChI=1S/C27H25N3O3S2/c1-16-11-12-21-22(13-16)35-25-24(21)26(33)30(20-9-4-3-5-10-20)27(29-25)34-15-23(32)28-19-8-6-7-18(14-19)17(2)31/h3-10,14,16H,11-13,15H2,1-2H3,(H,28,32)/t16-/m1/s1. The van der Waals surface area contributed by atoms with Gasteiger partial charge < -0.3 is 5.32 Å². The Bertz CT molecular complexity index is 1490. The fourth-order valence-electron chi connectivity index (χ4n) is 4.42. The van der Waals surface area contributed by atoms with E-state index in [1.54, 1.807) is 40.2 Å². The first-order valence-corrected chi connectivity index (χ1v) is 13.4. The monoisotopic (exact) mass is 503 g/mol. The van der Waals surface area contributed by atoms with E-state index in [0.717, 1.165) is 40.7 Å². The molecular formula is C27H25N3O3S2. The summed E-state index contributed by atoms with van der Waals surface area (Å²) in [5.74, 6) is 0.389. The first-order valence-electron chi connectivity index (χ1n) is 11.6. The summed E-state index contributed by atoms with van der Waals surface area (Å²) < 4.78 is 1.63. The molecule has 8 heteroatoms. The second-order valence-electron chi connectivity index (χ2n) is 8.88. The lowest BCUT2D eigenvalue weighted by molar-refractivity contribution is -0.113. The molecule has 0 unspecified atom stereocenters. The number of Topliss-reactive ketones (excluding diaryl/α,β-unsaturated/α-hetero) is 1. The lowest BCUT2D eigenvalue weighted by Crippen LogP contribution is -2.23. The van der Waals surface area contributed by atoms with Gasteiger partial charge in [0.05, 0.1) is 16.8 Å². The third-order valence-electron chi connectivity index (χ3n) is 6.20. The number of aryl methyl sites for hydroxylation is 1. The van der Waals surface area contributed by atoms with Crippen LogP contribution in [-0.4, -0.2) is 27.0 Å². The van der Waals surface area contributed by atoms with Crippen LogP contribution in [0.25, 0.3) is 15.9 Å². The van der Waals surface area contributed by atoms with Gasteiger partial charge in [-0.1, -0.05) is 49.0 Å². The molecule has 0 saturated heterocycles. The van der Waals surface area contributed by atoms with E-state index in [-0.39, 0.29) is 23.0 Å². The Labute approximate surface area is 211 Å². The number of carbonyl (C=O) groups excluding carboxylic acids is 2. The van der Waals surface area contributed by atoms with Gasteiger partial charge in [-0.05, 0) is 61.9 Å². The molecule has 0 aliphatic heterocycles. The van der Waals surface area contributed by atoms with E-state index in [9.17, 15) is 14.4 Å². The van der Waals surface area contributed by atoms with E-state index in [0.29, 0.717) is 22.3 Å². The number of thioether (sulfide) groups is 1. The normalized spacial score (nSPS) is 15.1. The Kier molecular flexibility index (Phi) is 6.58. The lowest BCUT2D eigenvalue weighted by Gasteiger charge is -2.17. The highest BCUT2D eigenvalue weighted by Crippen LogP contribution is 2.37. The minimum Gasteiger partial charge on any atom is -0.325 e. The smallest absolute Gasteiger partial charge is 0.267 e. The summed E-state index contributed by atoms with van der Waals surface area (Å²) in [6.45, 7) is 3.74. The summed E-state index contributed by atoms with van der Waals surface area (Å²) in [4.78, 5) is 45.0. The van der Waals surface area contributed by atoms with E-state index in [4.69, 9.17) is 4.98 Å². The van der Waals surface area contributed by atoms with Crippen LogP contribution in [0.5, 0.6) is 0 Å². The average molecular weight is 504 g/mol. The van der Waals surface area contributed by atoms with Gasteiger partial charge in [-0.3, -0.25) is 19.0 Å². The van der Waals surface area contributed by atoms with E-state index in [2.05, 4.69) is 12.2 Å². The number of anilines is 1. The Balaban J connectivity index is 1.48. The number of rotatable bonds is 6. The van der Waals surface area contributed by atoms with E-state index >= 15 is 0 Å². The Morgan fingerprint density at radius 2 is 1.97 bits per heavy atom. The number of nitrogens with zero attached hydrogens (tertiary/aromatic N) is 2. The van der Waals surface area contributed by atoms with Crippen molar-refractivity contribution in [1.29, 1.82) is 0 Å². The molecule has 4 aromatic rings. The van der Waals surface area contributed by atoms with Gasteiger partial charge in [0.2, 0.25) is 5.91 Å². The zero-order valence-corrected chi connectivity index (χ0v) is 21.2. The minimum absolute atomic E-state index is 0.0621. The Morgan fingerprint density at radius 1 is 1.17 bits per heavy atom. The summed E-state index contributed by atoms with van der Waals surface area (Å²) in [7, 11) is 0. The quantitative estimate of drug-likeness (QED) is 0.213. The van der Waals surface area contributed by atoms with Crippen LogP contribution in [0.15, 0.2) is 64.5 Å². The molecule has 2 aromatic carbocycles. The van der Waals surface area contributed by atoms with Gasteiger partial charge >= 0.3 is 0 Å². The highest BCUT2D eigenvalue weighted by atomic mass is 32.2. The largest absolute Gasteiger partial charge is 0.325 e. The molecule has 1 aliphatic rings. The first kappa shape index (κ1) is 23.5. The number of ketones is 1. The SMILES string of the molecule is CC(=O)c1cccc(NC(=O)CSc2nc3sc4c(c3c(=O)n2-c2ccccc2)CC[C@@H](C)C4)c1. The number of amides is 1. The van der Waals surface area contributed by atoms with Gasteiger partial charge in [0, 0.05) is 16.1 Å². The molecule has 178 valence electrons. The van der Waals surface area contributed by atoms with Crippen molar-refractivity contribution in [2.45, 2.75) is 38.3 Å². The van der Waals surface area contributed by atoms with Crippen molar-refractivity contribution < 1.29 is 9.59 Å². The minimum atomic E-state index is -0.232. The topological polar surface area (TPSA) is 81.1 Å². The maximum absolute atomic E-state index is 13.8. The average Bonchev–Trinajstić information content (AvgIpc) is 3.21. The summed E-state index contributed by atoms with van der Waals surface area (Å²) >= 11 is 2.84.